The number of rotatable bonds is 3. The van der Waals surface area contributed by atoms with Gasteiger partial charge in [-0.2, -0.15) is 0 Å². The molecule has 1 atom stereocenters. The topological polar surface area (TPSA) is 95.5 Å². The van der Waals surface area contributed by atoms with Crippen molar-refractivity contribution in [2.24, 2.45) is 5.73 Å². The molecule has 1 rings (SSSR count). The summed E-state index contributed by atoms with van der Waals surface area (Å²) in [5.74, 6) is -1.58. The van der Waals surface area contributed by atoms with Crippen molar-refractivity contribution in [1.82, 2.24) is 0 Å². The molecule has 94 valence electrons. The standard InChI is InChI=1S/C9H9FN2O4.ClH/c1-16-9(13)8(11)6-4-5(10)2-3-7(6)12(14)15;/h2-4,8H,11H2,1H3;1H/t8-;/m0./s1. The van der Waals surface area contributed by atoms with Crippen LogP contribution in [0.1, 0.15) is 11.6 Å². The second-order valence-corrected chi connectivity index (χ2v) is 2.96. The van der Waals surface area contributed by atoms with Crippen LogP contribution in [-0.4, -0.2) is 18.0 Å². The van der Waals surface area contributed by atoms with Crippen molar-refractivity contribution in [1.29, 1.82) is 0 Å². The largest absolute Gasteiger partial charge is 0.468 e. The zero-order chi connectivity index (χ0) is 12.3. The van der Waals surface area contributed by atoms with E-state index in [9.17, 15) is 19.3 Å². The van der Waals surface area contributed by atoms with Crippen LogP contribution in [-0.2, 0) is 9.53 Å². The van der Waals surface area contributed by atoms with Gasteiger partial charge in [-0.1, -0.05) is 0 Å². The molecule has 0 unspecified atom stereocenters. The van der Waals surface area contributed by atoms with E-state index in [4.69, 9.17) is 5.73 Å². The fourth-order valence-corrected chi connectivity index (χ4v) is 1.19. The average Bonchev–Trinajstić information content (AvgIpc) is 2.26. The fraction of sp³-hybridized carbons (Fsp3) is 0.222. The number of carbonyl (C=O) groups is 1. The maximum Gasteiger partial charge on any atom is 0.327 e. The molecular formula is C9H10ClFN2O4. The summed E-state index contributed by atoms with van der Waals surface area (Å²) < 4.78 is 17.2. The highest BCUT2D eigenvalue weighted by Crippen LogP contribution is 2.25. The lowest BCUT2D eigenvalue weighted by Gasteiger charge is -2.09. The molecule has 0 heterocycles. The summed E-state index contributed by atoms with van der Waals surface area (Å²) in [6.07, 6.45) is 0. The summed E-state index contributed by atoms with van der Waals surface area (Å²) in [6.45, 7) is 0. The molecule has 0 aliphatic rings. The second kappa shape index (κ2) is 6.12. The van der Waals surface area contributed by atoms with E-state index in [1.165, 1.54) is 0 Å². The molecule has 0 bridgehead atoms. The van der Waals surface area contributed by atoms with Gasteiger partial charge in [0.25, 0.3) is 5.69 Å². The zero-order valence-electron chi connectivity index (χ0n) is 8.75. The Labute approximate surface area is 102 Å². The number of nitrogens with zero attached hydrogens (tertiary/aromatic N) is 1. The van der Waals surface area contributed by atoms with Crippen LogP contribution in [0.25, 0.3) is 0 Å². The van der Waals surface area contributed by atoms with Gasteiger partial charge < -0.3 is 10.5 Å². The van der Waals surface area contributed by atoms with Gasteiger partial charge in [-0.3, -0.25) is 10.1 Å². The maximum atomic E-state index is 12.9. The Hall–Kier alpha value is -1.73. The lowest BCUT2D eigenvalue weighted by atomic mass is 10.1. The van der Waals surface area contributed by atoms with E-state index in [0.29, 0.717) is 0 Å². The molecule has 0 aromatic heterocycles. The lowest BCUT2D eigenvalue weighted by molar-refractivity contribution is -0.385. The number of hydrogen-bond acceptors (Lipinski definition) is 5. The van der Waals surface area contributed by atoms with Crippen LogP contribution in [0.3, 0.4) is 0 Å². The molecule has 0 aliphatic carbocycles. The highest BCUT2D eigenvalue weighted by Gasteiger charge is 2.25. The number of esters is 1. The van der Waals surface area contributed by atoms with E-state index in [1.807, 2.05) is 0 Å². The van der Waals surface area contributed by atoms with Gasteiger partial charge in [-0.05, 0) is 12.1 Å². The molecule has 0 saturated carbocycles. The molecule has 17 heavy (non-hydrogen) atoms. The molecule has 0 radical (unpaired) electrons. The fourth-order valence-electron chi connectivity index (χ4n) is 1.19. The van der Waals surface area contributed by atoms with E-state index in [-0.39, 0.29) is 18.0 Å². The predicted octanol–water partition coefficient (Wildman–Crippen LogP) is 1.33. The molecule has 8 heteroatoms. The lowest BCUT2D eigenvalue weighted by Crippen LogP contribution is -2.23. The van der Waals surface area contributed by atoms with Gasteiger partial charge >= 0.3 is 5.97 Å². The van der Waals surface area contributed by atoms with Crippen molar-refractivity contribution < 1.29 is 18.8 Å². The van der Waals surface area contributed by atoms with Crippen LogP contribution in [0.15, 0.2) is 18.2 Å². The predicted molar refractivity (Wildman–Crippen MR) is 59.2 cm³/mol. The molecule has 0 aliphatic heterocycles. The number of carbonyl (C=O) groups excluding carboxylic acids is 1. The van der Waals surface area contributed by atoms with Gasteiger partial charge in [0.15, 0.2) is 0 Å². The number of nitrogens with two attached hydrogens (primary N) is 1. The van der Waals surface area contributed by atoms with Crippen molar-refractivity contribution in [2.45, 2.75) is 6.04 Å². The van der Waals surface area contributed by atoms with E-state index >= 15 is 0 Å². The van der Waals surface area contributed by atoms with Crippen molar-refractivity contribution >= 4 is 24.1 Å². The van der Waals surface area contributed by atoms with E-state index in [1.54, 1.807) is 0 Å². The van der Waals surface area contributed by atoms with Crippen LogP contribution in [0.5, 0.6) is 0 Å². The Morgan fingerprint density at radius 3 is 2.65 bits per heavy atom. The molecule has 2 N–H and O–H groups in total. The van der Waals surface area contributed by atoms with E-state index in [0.717, 1.165) is 25.3 Å². The third-order valence-corrected chi connectivity index (χ3v) is 1.98. The van der Waals surface area contributed by atoms with Gasteiger partial charge in [-0.15, -0.1) is 12.4 Å². The maximum absolute atomic E-state index is 12.9. The Kier molecular flexibility index (Phi) is 5.49. The summed E-state index contributed by atoms with van der Waals surface area (Å²) >= 11 is 0. The van der Waals surface area contributed by atoms with Gasteiger partial charge in [0.05, 0.1) is 17.6 Å². The van der Waals surface area contributed by atoms with Crippen LogP contribution >= 0.6 is 12.4 Å². The number of hydrogen-bond donors (Lipinski definition) is 1. The normalized spacial score (nSPS) is 11.2. The van der Waals surface area contributed by atoms with Crippen LogP contribution < -0.4 is 5.73 Å². The monoisotopic (exact) mass is 264 g/mol. The number of nitro benzene ring substituents is 1. The molecule has 1 aromatic rings. The second-order valence-electron chi connectivity index (χ2n) is 2.96. The molecular weight excluding hydrogens is 255 g/mol. The van der Waals surface area contributed by atoms with Crippen LogP contribution in [0, 0.1) is 15.9 Å². The van der Waals surface area contributed by atoms with Gasteiger partial charge in [0, 0.05) is 6.07 Å². The van der Waals surface area contributed by atoms with Gasteiger partial charge in [-0.25, -0.2) is 9.18 Å². The molecule has 0 amide bonds. The Bertz CT molecular complexity index is 441. The minimum atomic E-state index is -1.37. The first-order chi connectivity index (χ1) is 7.47. The minimum absolute atomic E-state index is 0. The third kappa shape index (κ3) is 3.36. The Morgan fingerprint density at radius 2 is 2.18 bits per heavy atom. The first-order valence-electron chi connectivity index (χ1n) is 4.24. The molecule has 1 aromatic carbocycles. The summed E-state index contributed by atoms with van der Waals surface area (Å²) in [4.78, 5) is 21.0. The summed E-state index contributed by atoms with van der Waals surface area (Å²) in [5.41, 5.74) is 4.78. The Balaban J connectivity index is 0.00000256. The number of benzene rings is 1. The van der Waals surface area contributed by atoms with Crippen molar-refractivity contribution in [3.63, 3.8) is 0 Å². The molecule has 0 spiro atoms. The van der Waals surface area contributed by atoms with Crippen LogP contribution in [0.2, 0.25) is 0 Å². The van der Waals surface area contributed by atoms with E-state index < -0.39 is 28.4 Å². The van der Waals surface area contributed by atoms with Crippen molar-refractivity contribution in [2.75, 3.05) is 7.11 Å². The summed E-state index contributed by atoms with van der Waals surface area (Å²) in [7, 11) is 1.09. The SMILES string of the molecule is COC(=O)[C@@H](N)c1cc(F)ccc1[N+](=O)[O-].Cl. The highest BCUT2D eigenvalue weighted by atomic mass is 35.5. The van der Waals surface area contributed by atoms with Gasteiger partial charge in [0.2, 0.25) is 0 Å². The summed E-state index contributed by atoms with van der Waals surface area (Å²) in [6, 6.07) is 1.35. The quantitative estimate of drug-likeness (QED) is 0.505. The highest BCUT2D eigenvalue weighted by molar-refractivity contribution is 5.85. The first-order valence-corrected chi connectivity index (χ1v) is 4.24. The number of methoxy groups -OCH3 is 1. The zero-order valence-corrected chi connectivity index (χ0v) is 9.57. The number of ether oxygens (including phenoxy) is 1. The van der Waals surface area contributed by atoms with E-state index in [2.05, 4.69) is 4.74 Å². The summed E-state index contributed by atoms with van der Waals surface area (Å²) in [5, 5.41) is 10.6. The van der Waals surface area contributed by atoms with Crippen molar-refractivity contribution in [3.8, 4) is 0 Å². The van der Waals surface area contributed by atoms with Gasteiger partial charge in [0.1, 0.15) is 11.9 Å². The average molecular weight is 265 g/mol. The minimum Gasteiger partial charge on any atom is -0.468 e. The van der Waals surface area contributed by atoms with Crippen LogP contribution in [0.4, 0.5) is 10.1 Å². The molecule has 0 saturated heterocycles. The third-order valence-electron chi connectivity index (χ3n) is 1.98. The number of nitro groups is 1. The number of halogens is 2. The molecule has 0 fully saturated rings. The van der Waals surface area contributed by atoms with Crippen molar-refractivity contribution in [3.05, 3.63) is 39.7 Å². The Morgan fingerprint density at radius 1 is 1.59 bits per heavy atom. The first kappa shape index (κ1) is 15.3. The molecule has 6 nitrogen and oxygen atoms in total. The smallest absolute Gasteiger partial charge is 0.327 e.